The van der Waals surface area contributed by atoms with Crippen LogP contribution in [0, 0.1) is 12.7 Å². The van der Waals surface area contributed by atoms with Crippen molar-refractivity contribution in [3.63, 3.8) is 0 Å². The van der Waals surface area contributed by atoms with Crippen molar-refractivity contribution in [2.75, 3.05) is 0 Å². The fourth-order valence-corrected chi connectivity index (χ4v) is 2.41. The van der Waals surface area contributed by atoms with Crippen molar-refractivity contribution in [1.82, 2.24) is 5.32 Å². The minimum Gasteiger partial charge on any atom is -0.328 e. The third kappa shape index (κ3) is 3.51. The Labute approximate surface area is 102 Å². The predicted molar refractivity (Wildman–Crippen MR) is 68.2 cm³/mol. The van der Waals surface area contributed by atoms with Gasteiger partial charge < -0.3 is 11.1 Å². The van der Waals surface area contributed by atoms with Crippen molar-refractivity contribution < 1.29 is 4.39 Å². The quantitative estimate of drug-likeness (QED) is 0.846. The van der Waals surface area contributed by atoms with Crippen molar-refractivity contribution >= 4 is 0 Å². The Hall–Kier alpha value is -0.930. The Morgan fingerprint density at radius 3 is 2.71 bits per heavy atom. The summed E-state index contributed by atoms with van der Waals surface area (Å²) in [6.07, 6.45) is 4.46. The van der Waals surface area contributed by atoms with Gasteiger partial charge in [0.1, 0.15) is 5.82 Å². The SMILES string of the molecule is Cc1ccc(F)cc1CNC1CCC(N)CC1. The average Bonchev–Trinajstić information content (AvgIpc) is 2.32. The Morgan fingerprint density at radius 1 is 1.29 bits per heavy atom. The van der Waals surface area contributed by atoms with Crippen LogP contribution in [0.25, 0.3) is 0 Å². The molecule has 1 aliphatic carbocycles. The highest BCUT2D eigenvalue weighted by molar-refractivity contribution is 5.26. The summed E-state index contributed by atoms with van der Waals surface area (Å²) in [5.41, 5.74) is 8.07. The van der Waals surface area contributed by atoms with E-state index in [1.54, 1.807) is 6.07 Å². The Balaban J connectivity index is 1.87. The van der Waals surface area contributed by atoms with E-state index >= 15 is 0 Å². The zero-order valence-corrected chi connectivity index (χ0v) is 10.4. The standard InChI is InChI=1S/C14H21FN2/c1-10-2-3-12(15)8-11(10)9-17-14-6-4-13(16)5-7-14/h2-3,8,13-14,17H,4-7,9,16H2,1H3. The molecule has 0 aliphatic heterocycles. The van der Waals surface area contributed by atoms with Crippen LogP contribution in [0.4, 0.5) is 4.39 Å². The fourth-order valence-electron chi connectivity index (χ4n) is 2.41. The maximum Gasteiger partial charge on any atom is 0.123 e. The van der Waals surface area contributed by atoms with Gasteiger partial charge in [-0.05, 0) is 55.9 Å². The maximum absolute atomic E-state index is 13.1. The highest BCUT2D eigenvalue weighted by Crippen LogP contribution is 2.18. The van der Waals surface area contributed by atoms with Crippen LogP contribution in [0.3, 0.4) is 0 Å². The molecule has 0 unspecified atom stereocenters. The number of halogens is 1. The summed E-state index contributed by atoms with van der Waals surface area (Å²) in [6, 6.07) is 5.89. The van der Waals surface area contributed by atoms with Crippen LogP contribution in [0.1, 0.15) is 36.8 Å². The third-order valence-corrected chi connectivity index (χ3v) is 3.66. The lowest BCUT2D eigenvalue weighted by molar-refractivity contribution is 0.341. The zero-order chi connectivity index (χ0) is 12.3. The van der Waals surface area contributed by atoms with Crippen molar-refractivity contribution in [2.45, 2.75) is 51.2 Å². The number of benzene rings is 1. The summed E-state index contributed by atoms with van der Waals surface area (Å²) in [7, 11) is 0. The van der Waals surface area contributed by atoms with Crippen LogP contribution >= 0.6 is 0 Å². The molecule has 94 valence electrons. The van der Waals surface area contributed by atoms with Gasteiger partial charge in [-0.2, -0.15) is 0 Å². The van der Waals surface area contributed by atoms with E-state index in [0.717, 1.165) is 43.4 Å². The number of nitrogens with two attached hydrogens (primary N) is 1. The number of hydrogen-bond donors (Lipinski definition) is 2. The summed E-state index contributed by atoms with van der Waals surface area (Å²) in [5.74, 6) is -0.155. The topological polar surface area (TPSA) is 38.0 Å². The lowest BCUT2D eigenvalue weighted by atomic mass is 9.91. The summed E-state index contributed by atoms with van der Waals surface area (Å²) in [6.45, 7) is 2.77. The molecule has 0 bridgehead atoms. The second-order valence-electron chi connectivity index (χ2n) is 5.06. The van der Waals surface area contributed by atoms with Gasteiger partial charge in [0.15, 0.2) is 0 Å². The second-order valence-corrected chi connectivity index (χ2v) is 5.06. The van der Waals surface area contributed by atoms with Crippen LogP contribution in [0.5, 0.6) is 0 Å². The Kier molecular flexibility index (Phi) is 4.13. The van der Waals surface area contributed by atoms with Crippen molar-refractivity contribution in [3.05, 3.63) is 35.1 Å². The van der Waals surface area contributed by atoms with Gasteiger partial charge in [-0.3, -0.25) is 0 Å². The fraction of sp³-hybridized carbons (Fsp3) is 0.571. The summed E-state index contributed by atoms with van der Waals surface area (Å²) in [5, 5.41) is 3.50. The van der Waals surface area contributed by atoms with Gasteiger partial charge in [-0.1, -0.05) is 6.07 Å². The Bertz CT molecular complexity index is 370. The third-order valence-electron chi connectivity index (χ3n) is 3.66. The van der Waals surface area contributed by atoms with Gasteiger partial charge in [0.25, 0.3) is 0 Å². The molecular weight excluding hydrogens is 215 g/mol. The first-order valence-corrected chi connectivity index (χ1v) is 6.39. The van der Waals surface area contributed by atoms with E-state index in [4.69, 9.17) is 5.73 Å². The molecule has 1 aliphatic rings. The van der Waals surface area contributed by atoms with Crippen LogP contribution in [0.2, 0.25) is 0 Å². The van der Waals surface area contributed by atoms with E-state index in [-0.39, 0.29) is 5.82 Å². The Morgan fingerprint density at radius 2 is 2.00 bits per heavy atom. The molecule has 3 heteroatoms. The lowest BCUT2D eigenvalue weighted by Crippen LogP contribution is -2.37. The van der Waals surface area contributed by atoms with Crippen molar-refractivity contribution in [3.8, 4) is 0 Å². The van der Waals surface area contributed by atoms with Crippen LogP contribution < -0.4 is 11.1 Å². The number of aryl methyl sites for hydroxylation is 1. The number of hydrogen-bond acceptors (Lipinski definition) is 2. The molecule has 2 nitrogen and oxygen atoms in total. The molecule has 2 rings (SSSR count). The normalized spacial score (nSPS) is 24.9. The molecule has 0 spiro atoms. The van der Waals surface area contributed by atoms with E-state index in [0.29, 0.717) is 12.1 Å². The zero-order valence-electron chi connectivity index (χ0n) is 10.4. The largest absolute Gasteiger partial charge is 0.328 e. The van der Waals surface area contributed by atoms with Gasteiger partial charge in [0.2, 0.25) is 0 Å². The highest BCUT2D eigenvalue weighted by Gasteiger charge is 2.17. The molecule has 0 atom stereocenters. The monoisotopic (exact) mass is 236 g/mol. The minimum absolute atomic E-state index is 0.155. The number of nitrogens with one attached hydrogen (secondary N) is 1. The van der Waals surface area contributed by atoms with Gasteiger partial charge in [0, 0.05) is 18.6 Å². The lowest BCUT2D eigenvalue weighted by Gasteiger charge is -2.27. The number of rotatable bonds is 3. The minimum atomic E-state index is -0.155. The molecule has 17 heavy (non-hydrogen) atoms. The molecule has 0 heterocycles. The molecule has 3 N–H and O–H groups in total. The molecule has 1 saturated carbocycles. The summed E-state index contributed by atoms with van der Waals surface area (Å²) in [4.78, 5) is 0. The van der Waals surface area contributed by atoms with Crippen molar-refractivity contribution in [2.24, 2.45) is 5.73 Å². The molecular formula is C14H21FN2. The molecule has 1 fully saturated rings. The van der Waals surface area contributed by atoms with E-state index in [9.17, 15) is 4.39 Å². The van der Waals surface area contributed by atoms with Crippen LogP contribution in [-0.2, 0) is 6.54 Å². The van der Waals surface area contributed by atoms with Gasteiger partial charge >= 0.3 is 0 Å². The van der Waals surface area contributed by atoms with E-state index in [1.165, 1.54) is 6.07 Å². The van der Waals surface area contributed by atoms with Gasteiger partial charge in [-0.25, -0.2) is 4.39 Å². The van der Waals surface area contributed by atoms with E-state index in [2.05, 4.69) is 5.32 Å². The summed E-state index contributed by atoms with van der Waals surface area (Å²) < 4.78 is 13.1. The van der Waals surface area contributed by atoms with Crippen LogP contribution in [-0.4, -0.2) is 12.1 Å². The smallest absolute Gasteiger partial charge is 0.123 e. The molecule has 0 radical (unpaired) electrons. The maximum atomic E-state index is 13.1. The summed E-state index contributed by atoms with van der Waals surface area (Å²) >= 11 is 0. The molecule has 0 saturated heterocycles. The molecule has 0 aromatic heterocycles. The first-order valence-electron chi connectivity index (χ1n) is 6.39. The second kappa shape index (κ2) is 5.61. The van der Waals surface area contributed by atoms with Gasteiger partial charge in [-0.15, -0.1) is 0 Å². The van der Waals surface area contributed by atoms with Gasteiger partial charge in [0.05, 0.1) is 0 Å². The molecule has 1 aromatic carbocycles. The molecule has 1 aromatic rings. The van der Waals surface area contributed by atoms with E-state index < -0.39 is 0 Å². The molecule has 0 amide bonds. The first kappa shape index (κ1) is 12.5. The van der Waals surface area contributed by atoms with Crippen LogP contribution in [0.15, 0.2) is 18.2 Å². The van der Waals surface area contributed by atoms with E-state index in [1.807, 2.05) is 13.0 Å². The predicted octanol–water partition coefficient (Wildman–Crippen LogP) is 2.49. The average molecular weight is 236 g/mol. The first-order chi connectivity index (χ1) is 8.15. The highest BCUT2D eigenvalue weighted by atomic mass is 19.1. The van der Waals surface area contributed by atoms with Crippen molar-refractivity contribution in [1.29, 1.82) is 0 Å².